The van der Waals surface area contributed by atoms with Crippen molar-refractivity contribution >= 4 is 5.91 Å². The summed E-state index contributed by atoms with van der Waals surface area (Å²) < 4.78 is 0. The number of hydrogen-bond acceptors (Lipinski definition) is 3. The van der Waals surface area contributed by atoms with Crippen molar-refractivity contribution < 1.29 is 9.90 Å². The van der Waals surface area contributed by atoms with Gasteiger partial charge in [-0.05, 0) is 40.0 Å². The van der Waals surface area contributed by atoms with Gasteiger partial charge in [-0.1, -0.05) is 0 Å². The van der Waals surface area contributed by atoms with Gasteiger partial charge in [-0.2, -0.15) is 0 Å². The highest BCUT2D eigenvalue weighted by atomic mass is 16.3. The Balaban J connectivity index is 2.40. The van der Waals surface area contributed by atoms with Crippen LogP contribution in [0.4, 0.5) is 0 Å². The lowest BCUT2D eigenvalue weighted by atomic mass is 9.97. The standard InChI is InChI=1S/C14H28N2O2/c1-14(2,3)16-9-7-12(8-10-16)15(4)13(18)6-5-11-17/h12,17H,5-11H2,1-4H3. The van der Waals surface area contributed by atoms with Crippen molar-refractivity contribution in [1.29, 1.82) is 0 Å². The maximum atomic E-state index is 11.9. The number of carbonyl (C=O) groups is 1. The molecule has 1 heterocycles. The first-order valence-electron chi connectivity index (χ1n) is 6.98. The molecule has 0 unspecified atom stereocenters. The molecular formula is C14H28N2O2. The van der Waals surface area contributed by atoms with Crippen molar-refractivity contribution in [2.24, 2.45) is 0 Å². The van der Waals surface area contributed by atoms with Crippen LogP contribution in [0.25, 0.3) is 0 Å². The number of aliphatic hydroxyl groups excluding tert-OH is 1. The molecule has 0 bridgehead atoms. The third-order valence-electron chi connectivity index (χ3n) is 3.90. The van der Waals surface area contributed by atoms with E-state index in [-0.39, 0.29) is 18.1 Å². The molecule has 4 heteroatoms. The van der Waals surface area contributed by atoms with Gasteiger partial charge in [0.05, 0.1) is 0 Å². The maximum absolute atomic E-state index is 11.9. The lowest BCUT2D eigenvalue weighted by molar-refractivity contribution is -0.133. The van der Waals surface area contributed by atoms with Gasteiger partial charge in [0.2, 0.25) is 5.91 Å². The van der Waals surface area contributed by atoms with Crippen molar-refractivity contribution in [2.45, 2.75) is 58.0 Å². The molecule has 0 aromatic heterocycles. The summed E-state index contributed by atoms with van der Waals surface area (Å²) in [5.74, 6) is 0.165. The summed E-state index contributed by atoms with van der Waals surface area (Å²) in [6.07, 6.45) is 3.15. The third kappa shape index (κ3) is 4.25. The first-order valence-corrected chi connectivity index (χ1v) is 6.98. The summed E-state index contributed by atoms with van der Waals surface area (Å²) in [5.41, 5.74) is 0.227. The molecule has 4 nitrogen and oxygen atoms in total. The molecule has 0 saturated carbocycles. The average Bonchev–Trinajstić information content (AvgIpc) is 2.34. The van der Waals surface area contributed by atoms with E-state index in [1.807, 2.05) is 11.9 Å². The number of carbonyl (C=O) groups excluding carboxylic acids is 1. The molecule has 0 aromatic rings. The Labute approximate surface area is 111 Å². The van der Waals surface area contributed by atoms with Crippen LogP contribution in [0.5, 0.6) is 0 Å². The van der Waals surface area contributed by atoms with Crippen molar-refractivity contribution in [1.82, 2.24) is 9.80 Å². The molecule has 1 aliphatic heterocycles. The van der Waals surface area contributed by atoms with Gasteiger partial charge >= 0.3 is 0 Å². The molecule has 0 radical (unpaired) electrons. The first-order chi connectivity index (χ1) is 8.36. The molecule has 0 aromatic carbocycles. The molecule has 0 atom stereocenters. The molecule has 1 saturated heterocycles. The zero-order valence-corrected chi connectivity index (χ0v) is 12.3. The molecule has 106 valence electrons. The Kier molecular flexibility index (Phi) is 5.60. The van der Waals surface area contributed by atoms with Crippen molar-refractivity contribution in [3.63, 3.8) is 0 Å². The molecule has 18 heavy (non-hydrogen) atoms. The van der Waals surface area contributed by atoms with Gasteiger partial charge in [0.15, 0.2) is 0 Å². The summed E-state index contributed by atoms with van der Waals surface area (Å²) in [6, 6.07) is 0.370. The Bertz CT molecular complexity index is 265. The van der Waals surface area contributed by atoms with Crippen LogP contribution in [0, 0.1) is 0 Å². The monoisotopic (exact) mass is 256 g/mol. The highest BCUT2D eigenvalue weighted by molar-refractivity contribution is 5.76. The van der Waals surface area contributed by atoms with Crippen molar-refractivity contribution in [3.05, 3.63) is 0 Å². The lowest BCUT2D eigenvalue weighted by Gasteiger charge is -2.43. The maximum Gasteiger partial charge on any atom is 0.222 e. The number of nitrogens with zero attached hydrogens (tertiary/aromatic N) is 2. The molecule has 0 spiro atoms. The van der Waals surface area contributed by atoms with Crippen LogP contribution in [0.1, 0.15) is 46.5 Å². The number of amides is 1. The lowest BCUT2D eigenvalue weighted by Crippen LogP contribution is -2.51. The number of piperidine rings is 1. The number of aliphatic hydroxyl groups is 1. The molecule has 1 aliphatic rings. The van der Waals surface area contributed by atoms with E-state index in [9.17, 15) is 4.79 Å². The summed E-state index contributed by atoms with van der Waals surface area (Å²) in [7, 11) is 1.90. The predicted molar refractivity (Wildman–Crippen MR) is 73.4 cm³/mol. The normalized spacial score (nSPS) is 18.9. The van der Waals surface area contributed by atoms with Crippen LogP contribution in [-0.2, 0) is 4.79 Å². The minimum atomic E-state index is 0.0993. The van der Waals surface area contributed by atoms with Gasteiger partial charge in [-0.25, -0.2) is 0 Å². The summed E-state index contributed by atoms with van der Waals surface area (Å²) >= 11 is 0. The Morgan fingerprint density at radius 3 is 2.33 bits per heavy atom. The van der Waals surface area contributed by atoms with Crippen LogP contribution in [-0.4, -0.2) is 59.1 Å². The first kappa shape index (κ1) is 15.4. The molecule has 0 aliphatic carbocycles. The van der Waals surface area contributed by atoms with E-state index in [0.717, 1.165) is 25.9 Å². The SMILES string of the molecule is CN(C(=O)CCCO)C1CCN(C(C)(C)C)CC1. The zero-order chi connectivity index (χ0) is 13.8. The van der Waals surface area contributed by atoms with E-state index in [1.165, 1.54) is 0 Å². The summed E-state index contributed by atoms with van der Waals surface area (Å²) in [5, 5.41) is 8.75. The minimum absolute atomic E-state index is 0.0993. The fourth-order valence-electron chi connectivity index (χ4n) is 2.53. The van der Waals surface area contributed by atoms with E-state index in [1.54, 1.807) is 0 Å². The summed E-state index contributed by atoms with van der Waals surface area (Å²) in [4.78, 5) is 16.2. The van der Waals surface area contributed by atoms with Crippen LogP contribution in [0.3, 0.4) is 0 Å². The number of rotatable bonds is 4. The van der Waals surface area contributed by atoms with E-state index < -0.39 is 0 Å². The fraction of sp³-hybridized carbons (Fsp3) is 0.929. The van der Waals surface area contributed by atoms with Crippen LogP contribution in [0.15, 0.2) is 0 Å². The van der Waals surface area contributed by atoms with Crippen LogP contribution < -0.4 is 0 Å². The highest BCUT2D eigenvalue weighted by Gasteiger charge is 2.29. The number of hydrogen-bond donors (Lipinski definition) is 1. The minimum Gasteiger partial charge on any atom is -0.396 e. The topological polar surface area (TPSA) is 43.8 Å². The van der Waals surface area contributed by atoms with Crippen LogP contribution in [0.2, 0.25) is 0 Å². The smallest absolute Gasteiger partial charge is 0.222 e. The van der Waals surface area contributed by atoms with Gasteiger partial charge in [0.25, 0.3) is 0 Å². The van der Waals surface area contributed by atoms with E-state index in [2.05, 4.69) is 25.7 Å². The van der Waals surface area contributed by atoms with E-state index >= 15 is 0 Å². The van der Waals surface area contributed by atoms with E-state index in [4.69, 9.17) is 5.11 Å². The molecule has 1 fully saturated rings. The zero-order valence-electron chi connectivity index (χ0n) is 12.3. The number of likely N-dealkylation sites (tertiary alicyclic amines) is 1. The van der Waals surface area contributed by atoms with Crippen molar-refractivity contribution in [3.8, 4) is 0 Å². The largest absolute Gasteiger partial charge is 0.396 e. The van der Waals surface area contributed by atoms with Gasteiger partial charge in [0.1, 0.15) is 0 Å². The Morgan fingerprint density at radius 1 is 1.33 bits per heavy atom. The van der Waals surface area contributed by atoms with Gasteiger partial charge in [-0.15, -0.1) is 0 Å². The molecular weight excluding hydrogens is 228 g/mol. The van der Waals surface area contributed by atoms with Crippen LogP contribution >= 0.6 is 0 Å². The second-order valence-electron chi connectivity index (χ2n) is 6.22. The quantitative estimate of drug-likeness (QED) is 0.828. The molecule has 1 amide bonds. The fourth-order valence-corrected chi connectivity index (χ4v) is 2.53. The predicted octanol–water partition coefficient (Wildman–Crippen LogP) is 1.48. The molecule has 1 N–H and O–H groups in total. The second kappa shape index (κ2) is 6.53. The Morgan fingerprint density at radius 2 is 1.89 bits per heavy atom. The second-order valence-corrected chi connectivity index (χ2v) is 6.22. The summed E-state index contributed by atoms with van der Waals surface area (Å²) in [6.45, 7) is 8.94. The van der Waals surface area contributed by atoms with Gasteiger partial charge < -0.3 is 10.0 Å². The third-order valence-corrected chi connectivity index (χ3v) is 3.90. The van der Waals surface area contributed by atoms with E-state index in [0.29, 0.717) is 18.9 Å². The molecule has 1 rings (SSSR count). The average molecular weight is 256 g/mol. The van der Waals surface area contributed by atoms with Gasteiger partial charge in [-0.3, -0.25) is 9.69 Å². The van der Waals surface area contributed by atoms with Gasteiger partial charge in [0, 0.05) is 44.7 Å². The Hall–Kier alpha value is -0.610. The highest BCUT2D eigenvalue weighted by Crippen LogP contribution is 2.22. The van der Waals surface area contributed by atoms with Crippen molar-refractivity contribution in [2.75, 3.05) is 26.7 Å².